The highest BCUT2D eigenvalue weighted by atomic mass is 79.9. The molecule has 0 saturated heterocycles. The smallest absolute Gasteiger partial charge is 0.264 e. The monoisotopic (exact) mass is 653 g/mol. The van der Waals surface area contributed by atoms with Gasteiger partial charge >= 0.3 is 0 Å². The number of carbonyl (C=O) groups excluding carboxylic acids is 2. The topological polar surface area (TPSA) is 86.8 Å². The maximum atomic E-state index is 13.9. The third kappa shape index (κ3) is 8.45. The molecule has 0 heterocycles. The normalized spacial score (nSPS) is 12.2. The van der Waals surface area contributed by atoms with Gasteiger partial charge in [-0.25, -0.2) is 8.42 Å². The van der Waals surface area contributed by atoms with Crippen molar-refractivity contribution in [2.75, 3.05) is 17.4 Å². The summed E-state index contributed by atoms with van der Waals surface area (Å²) in [5, 5.41) is 3.55. The molecular formula is C28H30BrCl2N3O4S. The molecule has 11 heteroatoms. The van der Waals surface area contributed by atoms with Crippen LogP contribution in [-0.2, 0) is 26.2 Å². The number of sulfonamides is 1. The zero-order valence-corrected chi connectivity index (χ0v) is 25.7. The fourth-order valence-corrected chi connectivity index (χ4v) is 5.92. The fraction of sp³-hybridized carbons (Fsp3) is 0.286. The average Bonchev–Trinajstić information content (AvgIpc) is 2.88. The van der Waals surface area contributed by atoms with Crippen molar-refractivity contribution < 1.29 is 18.0 Å². The number of rotatable bonds is 11. The van der Waals surface area contributed by atoms with Crippen LogP contribution < -0.4 is 9.62 Å². The van der Waals surface area contributed by atoms with E-state index in [1.54, 1.807) is 25.1 Å². The Bertz CT molecular complexity index is 1420. The minimum absolute atomic E-state index is 0.0408. The maximum Gasteiger partial charge on any atom is 0.264 e. The molecule has 208 valence electrons. The molecule has 0 saturated carbocycles. The van der Waals surface area contributed by atoms with Gasteiger partial charge in [-0.2, -0.15) is 0 Å². The van der Waals surface area contributed by atoms with Crippen molar-refractivity contribution in [2.45, 2.75) is 38.3 Å². The summed E-state index contributed by atoms with van der Waals surface area (Å²) in [6.07, 6.45) is 0. The van der Waals surface area contributed by atoms with Crippen LogP contribution in [0.1, 0.15) is 26.3 Å². The first-order valence-electron chi connectivity index (χ1n) is 12.2. The first-order valence-corrected chi connectivity index (χ1v) is 15.2. The number of hydrogen-bond acceptors (Lipinski definition) is 4. The standard InChI is InChI=1S/C28H30BrCl2N3O4S/c1-19(2)16-32-28(36)20(3)33(17-21-6-4-7-22(29)14-21)27(35)18-34(25-9-5-8-24(31)15-25)39(37,38)26-12-10-23(30)11-13-26/h4-15,19-20H,16-18H2,1-3H3,(H,32,36)/t20-/m0/s1. The second-order valence-electron chi connectivity index (χ2n) is 9.41. The molecule has 3 aromatic rings. The molecule has 0 radical (unpaired) electrons. The highest BCUT2D eigenvalue weighted by Gasteiger charge is 2.32. The molecule has 3 aromatic carbocycles. The van der Waals surface area contributed by atoms with E-state index < -0.39 is 28.5 Å². The van der Waals surface area contributed by atoms with Crippen LogP contribution in [-0.4, -0.2) is 44.3 Å². The number of nitrogens with one attached hydrogen (secondary N) is 1. The van der Waals surface area contributed by atoms with Crippen molar-refractivity contribution in [3.05, 3.63) is 92.9 Å². The second-order valence-corrected chi connectivity index (χ2v) is 13.1. The predicted octanol–water partition coefficient (Wildman–Crippen LogP) is 6.14. The molecule has 1 N–H and O–H groups in total. The molecule has 0 spiro atoms. The zero-order chi connectivity index (χ0) is 28.7. The third-order valence-corrected chi connectivity index (χ3v) is 8.64. The van der Waals surface area contributed by atoms with Crippen LogP contribution in [0, 0.1) is 5.92 Å². The first-order chi connectivity index (χ1) is 18.4. The zero-order valence-electron chi connectivity index (χ0n) is 21.8. The van der Waals surface area contributed by atoms with E-state index in [1.165, 1.54) is 35.2 Å². The van der Waals surface area contributed by atoms with Gasteiger partial charge in [-0.15, -0.1) is 0 Å². The van der Waals surface area contributed by atoms with E-state index in [4.69, 9.17) is 23.2 Å². The molecule has 3 rings (SSSR count). The molecule has 2 amide bonds. The summed E-state index contributed by atoms with van der Waals surface area (Å²) in [4.78, 5) is 28.3. The van der Waals surface area contributed by atoms with Crippen LogP contribution in [0.5, 0.6) is 0 Å². The lowest BCUT2D eigenvalue weighted by Crippen LogP contribution is -2.51. The summed E-state index contributed by atoms with van der Waals surface area (Å²) in [6, 6.07) is 18.4. The first kappa shape index (κ1) is 30.9. The molecular weight excluding hydrogens is 625 g/mol. The van der Waals surface area contributed by atoms with Gasteiger partial charge in [0.2, 0.25) is 11.8 Å². The Labute approximate surface area is 248 Å². The number of benzene rings is 3. The molecule has 0 unspecified atom stereocenters. The fourth-order valence-electron chi connectivity index (χ4n) is 3.76. The van der Waals surface area contributed by atoms with Crippen molar-refractivity contribution in [1.82, 2.24) is 10.2 Å². The molecule has 0 aliphatic carbocycles. The molecule has 0 fully saturated rings. The van der Waals surface area contributed by atoms with Gasteiger partial charge in [-0.3, -0.25) is 13.9 Å². The summed E-state index contributed by atoms with van der Waals surface area (Å²) in [5.74, 6) is -0.667. The van der Waals surface area contributed by atoms with Gasteiger partial charge < -0.3 is 10.2 Å². The number of amides is 2. The van der Waals surface area contributed by atoms with E-state index in [1.807, 2.05) is 38.1 Å². The van der Waals surface area contributed by atoms with Gasteiger partial charge in [-0.1, -0.05) is 71.2 Å². The Morgan fingerprint density at radius 2 is 1.59 bits per heavy atom. The van der Waals surface area contributed by atoms with Gasteiger partial charge in [0.05, 0.1) is 10.6 Å². The quantitative estimate of drug-likeness (QED) is 0.269. The summed E-state index contributed by atoms with van der Waals surface area (Å²) < 4.78 is 29.4. The van der Waals surface area contributed by atoms with Crippen LogP contribution in [0.2, 0.25) is 10.0 Å². The van der Waals surface area contributed by atoms with Gasteiger partial charge in [0.15, 0.2) is 0 Å². The minimum atomic E-state index is -4.20. The van der Waals surface area contributed by atoms with Gasteiger partial charge in [0, 0.05) is 27.6 Å². The molecule has 0 aliphatic rings. The van der Waals surface area contributed by atoms with Crippen LogP contribution in [0.15, 0.2) is 82.2 Å². The van der Waals surface area contributed by atoms with E-state index >= 15 is 0 Å². The second kappa shape index (κ2) is 13.7. The minimum Gasteiger partial charge on any atom is -0.354 e. The number of anilines is 1. The van der Waals surface area contributed by atoms with Gasteiger partial charge in [0.25, 0.3) is 10.0 Å². The number of hydrogen-bond donors (Lipinski definition) is 1. The van der Waals surface area contributed by atoms with Crippen molar-refractivity contribution >= 4 is 66.7 Å². The van der Waals surface area contributed by atoms with E-state index in [-0.39, 0.29) is 29.0 Å². The Morgan fingerprint density at radius 3 is 2.21 bits per heavy atom. The molecule has 7 nitrogen and oxygen atoms in total. The Kier molecular flexibility index (Phi) is 10.8. The number of nitrogens with zero attached hydrogens (tertiary/aromatic N) is 2. The van der Waals surface area contributed by atoms with Crippen LogP contribution in [0.25, 0.3) is 0 Å². The highest BCUT2D eigenvalue weighted by molar-refractivity contribution is 9.10. The number of halogens is 3. The lowest BCUT2D eigenvalue weighted by atomic mass is 10.1. The lowest BCUT2D eigenvalue weighted by Gasteiger charge is -2.32. The van der Waals surface area contributed by atoms with Crippen molar-refractivity contribution in [3.8, 4) is 0 Å². The Balaban J connectivity index is 2.01. The van der Waals surface area contributed by atoms with Crippen molar-refractivity contribution in [3.63, 3.8) is 0 Å². The lowest BCUT2D eigenvalue weighted by molar-refractivity contribution is -0.139. The molecule has 0 aliphatic heterocycles. The van der Waals surface area contributed by atoms with Crippen molar-refractivity contribution in [1.29, 1.82) is 0 Å². The van der Waals surface area contributed by atoms with Crippen LogP contribution >= 0.6 is 39.1 Å². The SMILES string of the molecule is CC(C)CNC(=O)[C@H](C)N(Cc1cccc(Br)c1)C(=O)CN(c1cccc(Cl)c1)S(=O)(=O)c1ccc(Cl)cc1. The van der Waals surface area contributed by atoms with E-state index in [2.05, 4.69) is 21.2 Å². The summed E-state index contributed by atoms with van der Waals surface area (Å²) in [6.45, 7) is 5.56. The molecule has 39 heavy (non-hydrogen) atoms. The van der Waals surface area contributed by atoms with Gasteiger partial charge in [0.1, 0.15) is 12.6 Å². The van der Waals surface area contributed by atoms with E-state index in [0.717, 1.165) is 14.3 Å². The predicted molar refractivity (Wildman–Crippen MR) is 159 cm³/mol. The highest BCUT2D eigenvalue weighted by Crippen LogP contribution is 2.27. The number of carbonyl (C=O) groups is 2. The average molecular weight is 655 g/mol. The summed E-state index contributed by atoms with van der Waals surface area (Å²) >= 11 is 15.6. The Hall–Kier alpha value is -2.59. The molecule has 0 bridgehead atoms. The van der Waals surface area contributed by atoms with Crippen LogP contribution in [0.4, 0.5) is 5.69 Å². The maximum absolute atomic E-state index is 13.9. The molecule has 0 aromatic heterocycles. The largest absolute Gasteiger partial charge is 0.354 e. The summed E-state index contributed by atoms with van der Waals surface area (Å²) in [7, 11) is -4.20. The Morgan fingerprint density at radius 1 is 0.923 bits per heavy atom. The third-order valence-electron chi connectivity index (χ3n) is 5.87. The molecule has 1 atom stereocenters. The van der Waals surface area contributed by atoms with E-state index in [9.17, 15) is 18.0 Å². The van der Waals surface area contributed by atoms with Gasteiger partial charge in [-0.05, 0) is 73.0 Å². The van der Waals surface area contributed by atoms with E-state index in [0.29, 0.717) is 16.6 Å². The van der Waals surface area contributed by atoms with Crippen LogP contribution in [0.3, 0.4) is 0 Å². The summed E-state index contributed by atoms with van der Waals surface area (Å²) in [5.41, 5.74) is 0.987. The van der Waals surface area contributed by atoms with Crippen molar-refractivity contribution in [2.24, 2.45) is 5.92 Å².